The number of carbonyl (C=O) groups is 2. The van der Waals surface area contributed by atoms with Crippen molar-refractivity contribution in [1.29, 1.82) is 0 Å². The van der Waals surface area contributed by atoms with Gasteiger partial charge in [-0.25, -0.2) is 0 Å². The van der Waals surface area contributed by atoms with Crippen molar-refractivity contribution in [2.24, 2.45) is 7.05 Å². The van der Waals surface area contributed by atoms with E-state index in [2.05, 4.69) is 5.32 Å². The van der Waals surface area contributed by atoms with E-state index >= 15 is 0 Å². The van der Waals surface area contributed by atoms with Crippen molar-refractivity contribution in [3.05, 3.63) is 45.4 Å². The van der Waals surface area contributed by atoms with Crippen LogP contribution < -0.4 is 25.6 Å². The average Bonchev–Trinajstić information content (AvgIpc) is 2.83. The summed E-state index contributed by atoms with van der Waals surface area (Å²) in [4.78, 5) is 40.9. The number of hydrogen-bond acceptors (Lipinski definition) is 6. The van der Waals surface area contributed by atoms with Crippen LogP contribution in [-0.2, 0) is 18.3 Å². The number of hydrogen-bond donors (Lipinski definition) is 2. The van der Waals surface area contributed by atoms with Gasteiger partial charge in [0.2, 0.25) is 0 Å². The number of rotatable bonds is 7. The van der Waals surface area contributed by atoms with Crippen LogP contribution in [0.15, 0.2) is 23.0 Å². The van der Waals surface area contributed by atoms with Gasteiger partial charge in [0.15, 0.2) is 0 Å². The number of ether oxygens (including phenoxy) is 1. The van der Waals surface area contributed by atoms with Gasteiger partial charge in [-0.3, -0.25) is 14.4 Å². The molecule has 2 heterocycles. The highest BCUT2D eigenvalue weighted by atomic mass is 16.5. The zero-order valence-corrected chi connectivity index (χ0v) is 23.5. The van der Waals surface area contributed by atoms with Crippen LogP contribution >= 0.6 is 0 Å². The number of carboxylic acid groups (broad SMARTS) is 1. The summed E-state index contributed by atoms with van der Waals surface area (Å²) < 4.78 is 7.13. The van der Waals surface area contributed by atoms with E-state index in [1.165, 1.54) is 18.0 Å². The molecule has 0 spiro atoms. The first-order valence-corrected chi connectivity index (χ1v) is 13.9. The Bertz CT molecular complexity index is 1290. The van der Waals surface area contributed by atoms with Crippen molar-refractivity contribution in [3.63, 3.8) is 0 Å². The van der Waals surface area contributed by atoms with Gasteiger partial charge in [0.05, 0.1) is 18.7 Å². The van der Waals surface area contributed by atoms with Gasteiger partial charge in [-0.05, 0) is 43.0 Å². The summed E-state index contributed by atoms with van der Waals surface area (Å²) in [6, 6.07) is 5.50. The number of aromatic nitrogens is 1. The fourth-order valence-corrected chi connectivity index (χ4v) is 5.87. The summed E-state index contributed by atoms with van der Waals surface area (Å²) in [7, 11) is 1.52. The second kappa shape index (κ2) is 11.8. The molecule has 9 nitrogen and oxygen atoms in total. The highest BCUT2D eigenvalue weighted by Crippen LogP contribution is 2.38. The summed E-state index contributed by atoms with van der Waals surface area (Å²) in [5.41, 5.74) is 1.05. The lowest BCUT2D eigenvalue weighted by molar-refractivity contribution is -0.461. The van der Waals surface area contributed by atoms with Gasteiger partial charge in [-0.15, -0.1) is 5.60 Å². The molecule has 212 valence electrons. The van der Waals surface area contributed by atoms with Gasteiger partial charge in [-0.2, -0.15) is 0 Å². The van der Waals surface area contributed by atoms with E-state index in [1.54, 1.807) is 26.8 Å². The van der Waals surface area contributed by atoms with E-state index in [-0.39, 0.29) is 24.6 Å². The molecule has 4 rings (SSSR count). The predicted molar refractivity (Wildman–Crippen MR) is 149 cm³/mol. The van der Waals surface area contributed by atoms with Crippen LogP contribution in [0.1, 0.15) is 80.4 Å². The average molecular weight is 539 g/mol. The number of pyridine rings is 1. The number of anilines is 1. The monoisotopic (exact) mass is 538 g/mol. The summed E-state index contributed by atoms with van der Waals surface area (Å²) in [6.07, 6.45) is 6.96. The Morgan fingerprint density at radius 3 is 2.46 bits per heavy atom. The number of amides is 1. The third-order valence-corrected chi connectivity index (χ3v) is 7.73. The SMILES string of the molecule is Cc1c(-c2ccc3c(c2)N(CC(C)(C)[O-])CCO3)c(CC(=O)O)n(C)c(=O)c1C(=O)NC1CCCCCCC1. The Hall–Kier alpha value is -3.33. The second-order valence-corrected chi connectivity index (χ2v) is 11.5. The molecule has 2 aliphatic rings. The smallest absolute Gasteiger partial charge is 0.309 e. The van der Waals surface area contributed by atoms with Gasteiger partial charge in [0.1, 0.15) is 17.9 Å². The molecule has 1 aromatic carbocycles. The minimum absolute atomic E-state index is 0.00829. The molecule has 1 amide bonds. The maximum atomic E-state index is 13.6. The van der Waals surface area contributed by atoms with Gasteiger partial charge >= 0.3 is 5.97 Å². The Morgan fingerprint density at radius 1 is 1.15 bits per heavy atom. The lowest BCUT2D eigenvalue weighted by atomic mass is 9.92. The molecular weight excluding hydrogens is 498 g/mol. The maximum absolute atomic E-state index is 13.6. The first kappa shape index (κ1) is 28.7. The number of nitrogens with zero attached hydrogens (tertiary/aromatic N) is 2. The first-order chi connectivity index (χ1) is 18.5. The fourth-order valence-electron chi connectivity index (χ4n) is 5.87. The molecule has 1 aliphatic carbocycles. The van der Waals surface area contributed by atoms with Crippen molar-refractivity contribution in [2.45, 2.75) is 83.8 Å². The van der Waals surface area contributed by atoms with Crippen LogP contribution in [0.2, 0.25) is 0 Å². The lowest BCUT2D eigenvalue weighted by Crippen LogP contribution is -2.50. The van der Waals surface area contributed by atoms with Crippen LogP contribution in [0, 0.1) is 6.92 Å². The number of carboxylic acids is 1. The third-order valence-electron chi connectivity index (χ3n) is 7.73. The molecule has 0 bridgehead atoms. The van der Waals surface area contributed by atoms with Gasteiger partial charge < -0.3 is 29.7 Å². The molecule has 2 aromatic rings. The van der Waals surface area contributed by atoms with Crippen LogP contribution in [0.5, 0.6) is 5.75 Å². The van der Waals surface area contributed by atoms with Crippen molar-refractivity contribution < 1.29 is 24.5 Å². The van der Waals surface area contributed by atoms with E-state index in [0.717, 1.165) is 44.2 Å². The predicted octanol–water partition coefficient (Wildman–Crippen LogP) is 3.17. The zero-order valence-electron chi connectivity index (χ0n) is 23.5. The van der Waals surface area contributed by atoms with Crippen molar-refractivity contribution in [2.75, 3.05) is 24.6 Å². The van der Waals surface area contributed by atoms with E-state index in [4.69, 9.17) is 4.74 Å². The quantitative estimate of drug-likeness (QED) is 0.555. The largest absolute Gasteiger partial charge is 0.849 e. The van der Waals surface area contributed by atoms with Crippen LogP contribution in [-0.4, -0.2) is 52.9 Å². The van der Waals surface area contributed by atoms with Crippen LogP contribution in [0.25, 0.3) is 11.1 Å². The zero-order chi connectivity index (χ0) is 28.3. The minimum Gasteiger partial charge on any atom is -0.849 e. The lowest BCUT2D eigenvalue weighted by Gasteiger charge is -2.41. The topological polar surface area (TPSA) is 124 Å². The number of fused-ring (bicyclic) bond motifs is 1. The summed E-state index contributed by atoms with van der Waals surface area (Å²) >= 11 is 0. The first-order valence-electron chi connectivity index (χ1n) is 13.9. The molecule has 0 radical (unpaired) electrons. The molecule has 1 fully saturated rings. The van der Waals surface area contributed by atoms with Gasteiger partial charge in [0.25, 0.3) is 11.5 Å². The number of benzene rings is 1. The number of nitrogens with one attached hydrogen (secondary N) is 1. The van der Waals surface area contributed by atoms with E-state index < -0.39 is 23.0 Å². The molecule has 1 aromatic heterocycles. The third kappa shape index (κ3) is 6.64. The highest BCUT2D eigenvalue weighted by Gasteiger charge is 2.28. The van der Waals surface area contributed by atoms with Crippen molar-refractivity contribution in [1.82, 2.24) is 9.88 Å². The Labute approximate surface area is 229 Å². The number of carbonyl (C=O) groups excluding carboxylic acids is 1. The van der Waals surface area contributed by atoms with Gasteiger partial charge in [0, 0.05) is 30.9 Å². The maximum Gasteiger partial charge on any atom is 0.309 e. The number of aliphatic carboxylic acids is 1. The Kier molecular flexibility index (Phi) is 8.69. The normalized spacial score (nSPS) is 16.6. The van der Waals surface area contributed by atoms with E-state index in [0.29, 0.717) is 41.3 Å². The van der Waals surface area contributed by atoms with Crippen molar-refractivity contribution in [3.8, 4) is 16.9 Å². The molecule has 0 saturated heterocycles. The summed E-state index contributed by atoms with van der Waals surface area (Å²) in [5, 5.41) is 25.3. The minimum atomic E-state index is -1.19. The fraction of sp³-hybridized carbons (Fsp3) is 0.567. The van der Waals surface area contributed by atoms with Crippen LogP contribution in [0.3, 0.4) is 0 Å². The van der Waals surface area contributed by atoms with Crippen molar-refractivity contribution >= 4 is 17.6 Å². The molecule has 2 N–H and O–H groups in total. The second-order valence-electron chi connectivity index (χ2n) is 11.5. The Morgan fingerprint density at radius 2 is 1.82 bits per heavy atom. The molecule has 39 heavy (non-hydrogen) atoms. The standard InChI is InChI=1S/C30H40N3O6/c1-19-26(20-12-13-24-22(16-20)33(14-15-39-24)18-30(2,3)38)23(17-25(34)35)32(4)29(37)27(19)28(36)31-21-10-8-6-5-7-9-11-21/h12-13,16,21H,5-11,14-15,17-18H2,1-4H3,(H,31,36)(H,34,35)/q-1. The highest BCUT2D eigenvalue weighted by molar-refractivity contribution is 5.98. The Balaban J connectivity index is 1.81. The summed E-state index contributed by atoms with van der Waals surface area (Å²) in [5.74, 6) is -0.857. The molecular formula is C30H40N3O6-. The van der Waals surface area contributed by atoms with E-state index in [1.807, 2.05) is 17.0 Å². The molecule has 0 unspecified atom stereocenters. The van der Waals surface area contributed by atoms with Crippen LogP contribution in [0.4, 0.5) is 5.69 Å². The molecule has 1 aliphatic heterocycles. The molecule has 1 saturated carbocycles. The molecule has 9 heteroatoms. The summed E-state index contributed by atoms with van der Waals surface area (Å²) in [6.45, 7) is 6.26. The van der Waals surface area contributed by atoms with E-state index in [9.17, 15) is 24.6 Å². The molecule has 0 atom stereocenters. The van der Waals surface area contributed by atoms with Gasteiger partial charge in [-0.1, -0.05) is 52.0 Å².